The van der Waals surface area contributed by atoms with Gasteiger partial charge in [-0.05, 0) is 35.7 Å². The molecule has 0 saturated carbocycles. The first-order valence-corrected chi connectivity index (χ1v) is 6.53. The lowest BCUT2D eigenvalue weighted by atomic mass is 10.1. The van der Waals surface area contributed by atoms with Gasteiger partial charge in [0.1, 0.15) is 11.5 Å². The summed E-state index contributed by atoms with van der Waals surface area (Å²) in [6.07, 6.45) is 4.54. The molecule has 0 spiro atoms. The molecule has 0 saturated heterocycles. The molecule has 0 aromatic heterocycles. The van der Waals surface area contributed by atoms with Gasteiger partial charge in [0.15, 0.2) is 11.5 Å². The van der Waals surface area contributed by atoms with Gasteiger partial charge in [-0.2, -0.15) is 0 Å². The fourth-order valence-corrected chi connectivity index (χ4v) is 1.99. The van der Waals surface area contributed by atoms with E-state index in [1.807, 2.05) is 30.4 Å². The Kier molecular flexibility index (Phi) is 4.72. The van der Waals surface area contributed by atoms with Gasteiger partial charge in [-0.1, -0.05) is 24.3 Å². The number of hydrogen-bond donors (Lipinski definition) is 2. The van der Waals surface area contributed by atoms with Gasteiger partial charge < -0.3 is 19.7 Å². The Balaban J connectivity index is 2.11. The highest BCUT2D eigenvalue weighted by Gasteiger charge is 2.03. The lowest BCUT2D eigenvalue weighted by molar-refractivity contribution is 0.391. The van der Waals surface area contributed by atoms with Crippen LogP contribution in [0.1, 0.15) is 11.1 Å². The van der Waals surface area contributed by atoms with Gasteiger partial charge in [-0.15, -0.1) is 0 Å². The number of phenols is 2. The van der Waals surface area contributed by atoms with E-state index in [2.05, 4.69) is 0 Å². The molecule has 4 nitrogen and oxygen atoms in total. The molecule has 0 radical (unpaired) electrons. The van der Waals surface area contributed by atoms with E-state index in [9.17, 15) is 10.2 Å². The van der Waals surface area contributed by atoms with Gasteiger partial charge in [0.2, 0.25) is 0 Å². The van der Waals surface area contributed by atoms with E-state index in [1.54, 1.807) is 20.3 Å². The Morgan fingerprint density at radius 3 is 2.43 bits per heavy atom. The highest BCUT2D eigenvalue weighted by atomic mass is 16.5. The zero-order chi connectivity index (χ0) is 15.2. The molecule has 0 bridgehead atoms. The van der Waals surface area contributed by atoms with Crippen LogP contribution in [-0.2, 0) is 6.42 Å². The van der Waals surface area contributed by atoms with Gasteiger partial charge in [0, 0.05) is 6.07 Å². The number of phenolic OH excluding ortho intramolecular Hbond substituents is 2. The second-order valence-corrected chi connectivity index (χ2v) is 4.53. The van der Waals surface area contributed by atoms with Crippen LogP contribution in [0.25, 0.3) is 6.08 Å². The predicted octanol–water partition coefficient (Wildman–Crippen LogP) is 3.37. The second kappa shape index (κ2) is 6.70. The monoisotopic (exact) mass is 286 g/mol. The maximum Gasteiger partial charge on any atom is 0.157 e. The topological polar surface area (TPSA) is 58.9 Å². The summed E-state index contributed by atoms with van der Waals surface area (Å²) < 4.78 is 10.5. The summed E-state index contributed by atoms with van der Waals surface area (Å²) >= 11 is 0. The Hall–Kier alpha value is -2.62. The Morgan fingerprint density at radius 1 is 0.952 bits per heavy atom. The van der Waals surface area contributed by atoms with Crippen LogP contribution < -0.4 is 9.47 Å². The largest absolute Gasteiger partial charge is 0.504 e. The third-order valence-electron chi connectivity index (χ3n) is 3.14. The molecule has 2 aromatic carbocycles. The van der Waals surface area contributed by atoms with Gasteiger partial charge in [0.05, 0.1) is 14.2 Å². The number of methoxy groups -OCH3 is 2. The van der Waals surface area contributed by atoms with Crippen molar-refractivity contribution < 1.29 is 19.7 Å². The zero-order valence-electron chi connectivity index (χ0n) is 12.0. The second-order valence-electron chi connectivity index (χ2n) is 4.53. The Morgan fingerprint density at radius 2 is 1.76 bits per heavy atom. The van der Waals surface area contributed by atoms with Crippen molar-refractivity contribution in [2.75, 3.05) is 14.2 Å². The highest BCUT2D eigenvalue weighted by Crippen LogP contribution is 2.27. The van der Waals surface area contributed by atoms with Crippen molar-refractivity contribution in [3.05, 3.63) is 53.6 Å². The van der Waals surface area contributed by atoms with Crippen LogP contribution in [0.15, 0.2) is 42.5 Å². The summed E-state index contributed by atoms with van der Waals surface area (Å²) in [5.41, 5.74) is 1.86. The van der Waals surface area contributed by atoms with E-state index < -0.39 is 0 Å². The molecule has 0 unspecified atom stereocenters. The number of rotatable bonds is 5. The minimum Gasteiger partial charge on any atom is -0.504 e. The van der Waals surface area contributed by atoms with Crippen molar-refractivity contribution in [1.29, 1.82) is 0 Å². The molecule has 4 heteroatoms. The summed E-state index contributed by atoms with van der Waals surface area (Å²) in [5.74, 6) is 1.28. The Bertz CT molecular complexity index is 647. The van der Waals surface area contributed by atoms with E-state index in [0.29, 0.717) is 6.42 Å². The first-order valence-electron chi connectivity index (χ1n) is 6.53. The van der Waals surface area contributed by atoms with E-state index in [4.69, 9.17) is 9.47 Å². The molecule has 0 aliphatic heterocycles. The van der Waals surface area contributed by atoms with Crippen LogP contribution in [-0.4, -0.2) is 24.4 Å². The molecule has 21 heavy (non-hydrogen) atoms. The molecule has 0 aliphatic rings. The minimum absolute atomic E-state index is 0.121. The number of aromatic hydroxyl groups is 2. The van der Waals surface area contributed by atoms with Crippen LogP contribution in [0.5, 0.6) is 23.0 Å². The normalized spacial score (nSPS) is 10.8. The number of benzene rings is 2. The average molecular weight is 286 g/mol. The van der Waals surface area contributed by atoms with Gasteiger partial charge in [0.25, 0.3) is 0 Å². The molecule has 2 rings (SSSR count). The molecule has 0 amide bonds. The summed E-state index contributed by atoms with van der Waals surface area (Å²) in [4.78, 5) is 0. The SMILES string of the molecule is COc1ccc(C/C=C/c2ccc(O)c(O)c2)c(OC)c1. The van der Waals surface area contributed by atoms with Crippen LogP contribution >= 0.6 is 0 Å². The minimum atomic E-state index is -0.126. The standard InChI is InChI=1S/C17H18O4/c1-20-14-8-7-13(17(11-14)21-2)5-3-4-12-6-9-15(18)16(19)10-12/h3-4,6-11,18-19H,5H2,1-2H3/b4-3+. The molecular formula is C17H18O4. The molecule has 110 valence electrons. The van der Waals surface area contributed by atoms with Crippen molar-refractivity contribution in [3.63, 3.8) is 0 Å². The lowest BCUT2D eigenvalue weighted by Crippen LogP contribution is -1.92. The van der Waals surface area contributed by atoms with Gasteiger partial charge in [-0.25, -0.2) is 0 Å². The molecule has 0 aliphatic carbocycles. The summed E-state index contributed by atoms with van der Waals surface area (Å²) in [6, 6.07) is 10.4. The zero-order valence-corrected chi connectivity index (χ0v) is 12.0. The summed E-state index contributed by atoms with van der Waals surface area (Å²) in [7, 11) is 3.24. The maximum absolute atomic E-state index is 9.44. The fraction of sp³-hybridized carbons (Fsp3) is 0.176. The third-order valence-corrected chi connectivity index (χ3v) is 3.14. The van der Waals surface area contributed by atoms with Crippen molar-refractivity contribution in [3.8, 4) is 23.0 Å². The van der Waals surface area contributed by atoms with E-state index in [0.717, 1.165) is 22.6 Å². The average Bonchev–Trinajstić information content (AvgIpc) is 2.51. The quantitative estimate of drug-likeness (QED) is 0.827. The van der Waals surface area contributed by atoms with Crippen LogP contribution in [0.2, 0.25) is 0 Å². The fourth-order valence-electron chi connectivity index (χ4n) is 1.99. The van der Waals surface area contributed by atoms with E-state index in [1.165, 1.54) is 12.1 Å². The smallest absolute Gasteiger partial charge is 0.157 e. The number of allylic oxidation sites excluding steroid dienone is 1. The van der Waals surface area contributed by atoms with Gasteiger partial charge >= 0.3 is 0 Å². The van der Waals surface area contributed by atoms with E-state index >= 15 is 0 Å². The molecule has 2 aromatic rings. The molecule has 0 heterocycles. The summed E-state index contributed by atoms with van der Waals surface area (Å²) in [6.45, 7) is 0. The van der Waals surface area contributed by atoms with E-state index in [-0.39, 0.29) is 11.5 Å². The first kappa shape index (κ1) is 14.8. The summed E-state index contributed by atoms with van der Waals surface area (Å²) in [5, 5.41) is 18.7. The maximum atomic E-state index is 9.44. The first-order chi connectivity index (χ1) is 10.1. The van der Waals surface area contributed by atoms with Gasteiger partial charge in [-0.3, -0.25) is 0 Å². The van der Waals surface area contributed by atoms with Crippen molar-refractivity contribution >= 4 is 6.08 Å². The number of ether oxygens (including phenoxy) is 2. The van der Waals surface area contributed by atoms with Crippen molar-refractivity contribution in [2.45, 2.75) is 6.42 Å². The third kappa shape index (κ3) is 3.69. The predicted molar refractivity (Wildman–Crippen MR) is 82.1 cm³/mol. The molecule has 2 N–H and O–H groups in total. The Labute approximate surface area is 123 Å². The highest BCUT2D eigenvalue weighted by molar-refractivity contribution is 5.55. The van der Waals surface area contributed by atoms with Crippen LogP contribution in [0, 0.1) is 0 Å². The molecular weight excluding hydrogens is 268 g/mol. The molecule has 0 fully saturated rings. The number of hydrogen-bond acceptors (Lipinski definition) is 4. The van der Waals surface area contributed by atoms with Crippen LogP contribution in [0.3, 0.4) is 0 Å². The van der Waals surface area contributed by atoms with Crippen LogP contribution in [0.4, 0.5) is 0 Å². The lowest BCUT2D eigenvalue weighted by Gasteiger charge is -2.08. The molecule has 0 atom stereocenters. The van der Waals surface area contributed by atoms with Crippen molar-refractivity contribution in [2.24, 2.45) is 0 Å². The van der Waals surface area contributed by atoms with Crippen molar-refractivity contribution in [1.82, 2.24) is 0 Å².